The van der Waals surface area contributed by atoms with Gasteiger partial charge >= 0.3 is 6.01 Å². The number of aryl methyl sites for hydroxylation is 2. The van der Waals surface area contributed by atoms with Gasteiger partial charge < -0.3 is 14.3 Å². The van der Waals surface area contributed by atoms with Crippen LogP contribution in [-0.2, 0) is 13.0 Å². The molecule has 0 radical (unpaired) electrons. The van der Waals surface area contributed by atoms with Crippen LogP contribution in [0.5, 0.6) is 0 Å². The molecule has 0 aliphatic carbocycles. The molecule has 2 aromatic heterocycles. The molecule has 6 nitrogen and oxygen atoms in total. The van der Waals surface area contributed by atoms with Crippen LogP contribution < -0.4 is 5.32 Å². The van der Waals surface area contributed by atoms with Gasteiger partial charge in [0.05, 0.1) is 12.7 Å². The fourth-order valence-corrected chi connectivity index (χ4v) is 1.11. The maximum absolute atomic E-state index is 5.40. The van der Waals surface area contributed by atoms with E-state index in [2.05, 4.69) is 20.4 Å². The second-order valence-corrected chi connectivity index (χ2v) is 3.07. The van der Waals surface area contributed by atoms with Gasteiger partial charge in [0.15, 0.2) is 5.82 Å². The van der Waals surface area contributed by atoms with E-state index in [9.17, 15) is 0 Å². The van der Waals surface area contributed by atoms with E-state index in [1.807, 2.05) is 6.92 Å². The molecular formula is C9H12N4O2. The second-order valence-electron chi connectivity index (χ2n) is 3.07. The van der Waals surface area contributed by atoms with Crippen molar-refractivity contribution in [2.45, 2.75) is 26.8 Å². The first-order valence-corrected chi connectivity index (χ1v) is 4.75. The summed E-state index contributed by atoms with van der Waals surface area (Å²) >= 11 is 0. The van der Waals surface area contributed by atoms with Crippen molar-refractivity contribution >= 4 is 6.01 Å². The third-order valence-electron chi connectivity index (χ3n) is 1.87. The molecule has 0 saturated carbocycles. The molecule has 15 heavy (non-hydrogen) atoms. The summed E-state index contributed by atoms with van der Waals surface area (Å²) in [5, 5.41) is 6.57. The Morgan fingerprint density at radius 3 is 2.93 bits per heavy atom. The molecule has 0 aliphatic heterocycles. The molecule has 0 saturated heterocycles. The molecule has 0 amide bonds. The Bertz CT molecular complexity index is 435. The second kappa shape index (κ2) is 4.12. The number of nitrogens with one attached hydrogen (secondary N) is 1. The topological polar surface area (TPSA) is 77.0 Å². The van der Waals surface area contributed by atoms with E-state index in [4.69, 9.17) is 8.94 Å². The van der Waals surface area contributed by atoms with Crippen molar-refractivity contribution in [2.24, 2.45) is 0 Å². The maximum Gasteiger partial charge on any atom is 0.321 e. The van der Waals surface area contributed by atoms with E-state index in [0.29, 0.717) is 24.3 Å². The SMILES string of the molecule is CCc1cnc(CNc2nc(C)no2)o1. The molecule has 0 unspecified atom stereocenters. The van der Waals surface area contributed by atoms with Crippen molar-refractivity contribution in [1.82, 2.24) is 15.1 Å². The Morgan fingerprint density at radius 2 is 2.33 bits per heavy atom. The Hall–Kier alpha value is -1.85. The molecule has 2 heterocycles. The van der Waals surface area contributed by atoms with Crippen LogP contribution in [0.2, 0.25) is 0 Å². The minimum absolute atomic E-state index is 0.378. The summed E-state index contributed by atoms with van der Waals surface area (Å²) in [6.07, 6.45) is 2.56. The van der Waals surface area contributed by atoms with Gasteiger partial charge in [-0.15, -0.1) is 0 Å². The molecule has 1 N–H and O–H groups in total. The highest BCUT2D eigenvalue weighted by Crippen LogP contribution is 2.07. The summed E-state index contributed by atoms with van der Waals surface area (Å²) in [5.74, 6) is 2.08. The lowest BCUT2D eigenvalue weighted by Crippen LogP contribution is -1.99. The van der Waals surface area contributed by atoms with Gasteiger partial charge in [-0.1, -0.05) is 12.1 Å². The lowest BCUT2D eigenvalue weighted by Gasteiger charge is -1.95. The van der Waals surface area contributed by atoms with E-state index in [1.54, 1.807) is 13.1 Å². The first kappa shape index (κ1) is 9.70. The number of oxazole rings is 1. The third kappa shape index (κ3) is 2.34. The normalized spacial score (nSPS) is 10.5. The van der Waals surface area contributed by atoms with Crippen LogP contribution in [0.1, 0.15) is 24.4 Å². The van der Waals surface area contributed by atoms with Gasteiger partial charge in [0.1, 0.15) is 5.76 Å². The summed E-state index contributed by atoms with van der Waals surface area (Å²) < 4.78 is 10.3. The summed E-state index contributed by atoms with van der Waals surface area (Å²) in [4.78, 5) is 8.08. The lowest BCUT2D eigenvalue weighted by molar-refractivity contribution is 0.419. The molecule has 0 aromatic carbocycles. The number of anilines is 1. The van der Waals surface area contributed by atoms with Gasteiger partial charge in [-0.25, -0.2) is 4.98 Å². The van der Waals surface area contributed by atoms with Crippen LogP contribution in [0.4, 0.5) is 6.01 Å². The highest BCUT2D eigenvalue weighted by atomic mass is 16.5. The van der Waals surface area contributed by atoms with Gasteiger partial charge in [-0.2, -0.15) is 4.98 Å². The molecule has 0 fully saturated rings. The number of hydrogen-bond donors (Lipinski definition) is 1. The van der Waals surface area contributed by atoms with E-state index in [1.165, 1.54) is 0 Å². The third-order valence-corrected chi connectivity index (χ3v) is 1.87. The number of aromatic nitrogens is 3. The zero-order valence-corrected chi connectivity index (χ0v) is 8.65. The maximum atomic E-state index is 5.40. The minimum atomic E-state index is 0.378. The van der Waals surface area contributed by atoms with Crippen LogP contribution in [-0.4, -0.2) is 15.1 Å². The summed E-state index contributed by atoms with van der Waals surface area (Å²) in [5.41, 5.74) is 0. The number of rotatable bonds is 4. The largest absolute Gasteiger partial charge is 0.444 e. The molecule has 0 atom stereocenters. The molecule has 6 heteroatoms. The van der Waals surface area contributed by atoms with Crippen LogP contribution in [0.25, 0.3) is 0 Å². The average molecular weight is 208 g/mol. The predicted octanol–water partition coefficient (Wildman–Crippen LogP) is 1.54. The van der Waals surface area contributed by atoms with E-state index >= 15 is 0 Å². The van der Waals surface area contributed by atoms with Crippen LogP contribution in [0.15, 0.2) is 15.1 Å². The molecule has 80 valence electrons. The van der Waals surface area contributed by atoms with Crippen LogP contribution in [0, 0.1) is 6.92 Å². The van der Waals surface area contributed by atoms with Crippen molar-refractivity contribution in [3.8, 4) is 0 Å². The molecular weight excluding hydrogens is 196 g/mol. The Labute approximate surface area is 86.7 Å². The number of hydrogen-bond acceptors (Lipinski definition) is 6. The van der Waals surface area contributed by atoms with Crippen molar-refractivity contribution in [2.75, 3.05) is 5.32 Å². The smallest absolute Gasteiger partial charge is 0.321 e. The quantitative estimate of drug-likeness (QED) is 0.821. The summed E-state index contributed by atoms with van der Waals surface area (Å²) in [6.45, 7) is 4.22. The van der Waals surface area contributed by atoms with Crippen LogP contribution in [0.3, 0.4) is 0 Å². The Morgan fingerprint density at radius 1 is 1.47 bits per heavy atom. The van der Waals surface area contributed by atoms with Gasteiger partial charge in [0.25, 0.3) is 0 Å². The lowest BCUT2D eigenvalue weighted by atomic mass is 10.4. The first-order chi connectivity index (χ1) is 7.28. The van der Waals surface area contributed by atoms with Gasteiger partial charge in [0, 0.05) is 6.42 Å². The van der Waals surface area contributed by atoms with Crippen molar-refractivity contribution in [1.29, 1.82) is 0 Å². The van der Waals surface area contributed by atoms with E-state index < -0.39 is 0 Å². The molecule has 0 aliphatic rings. The van der Waals surface area contributed by atoms with Crippen LogP contribution >= 0.6 is 0 Å². The fraction of sp³-hybridized carbons (Fsp3) is 0.444. The highest BCUT2D eigenvalue weighted by molar-refractivity contribution is 5.18. The van der Waals surface area contributed by atoms with Gasteiger partial charge in [0.2, 0.25) is 5.89 Å². The van der Waals surface area contributed by atoms with Crippen molar-refractivity contribution in [3.63, 3.8) is 0 Å². The molecule has 0 bridgehead atoms. The standard InChI is InChI=1S/C9H12N4O2/c1-3-7-4-10-8(14-7)5-11-9-12-6(2)13-15-9/h4H,3,5H2,1-2H3,(H,11,12,13). The zero-order chi connectivity index (χ0) is 10.7. The molecule has 2 aromatic rings. The zero-order valence-electron chi connectivity index (χ0n) is 8.65. The van der Waals surface area contributed by atoms with Gasteiger partial charge in [-0.05, 0) is 6.92 Å². The first-order valence-electron chi connectivity index (χ1n) is 4.75. The van der Waals surface area contributed by atoms with Crippen molar-refractivity contribution in [3.05, 3.63) is 23.7 Å². The summed E-state index contributed by atoms with van der Waals surface area (Å²) in [6, 6.07) is 0.378. The van der Waals surface area contributed by atoms with Crippen molar-refractivity contribution < 1.29 is 8.94 Å². The molecule has 2 rings (SSSR count). The Balaban J connectivity index is 1.93. The fourth-order valence-electron chi connectivity index (χ4n) is 1.11. The predicted molar refractivity (Wildman–Crippen MR) is 52.2 cm³/mol. The van der Waals surface area contributed by atoms with Gasteiger partial charge in [-0.3, -0.25) is 0 Å². The van der Waals surface area contributed by atoms with E-state index in [-0.39, 0.29) is 0 Å². The minimum Gasteiger partial charge on any atom is -0.444 e. The number of nitrogens with zero attached hydrogens (tertiary/aromatic N) is 3. The summed E-state index contributed by atoms with van der Waals surface area (Å²) in [7, 11) is 0. The van der Waals surface area contributed by atoms with E-state index in [0.717, 1.165) is 12.2 Å². The monoisotopic (exact) mass is 208 g/mol. The Kier molecular flexibility index (Phi) is 2.66. The molecule has 0 spiro atoms. The highest BCUT2D eigenvalue weighted by Gasteiger charge is 2.05. The average Bonchev–Trinajstić information content (AvgIpc) is 2.83.